The summed E-state index contributed by atoms with van der Waals surface area (Å²) in [6.07, 6.45) is 5.37. The SMILES string of the molecule is Cc1nc2sc3c(c2c2nncn12)CC[C@@H](C)C3. The van der Waals surface area contributed by atoms with Gasteiger partial charge in [-0.15, -0.1) is 21.5 Å². The average Bonchev–Trinajstić information content (AvgIpc) is 2.91. The Labute approximate surface area is 109 Å². The van der Waals surface area contributed by atoms with Crippen LogP contribution in [-0.4, -0.2) is 19.6 Å². The zero-order chi connectivity index (χ0) is 12.3. The van der Waals surface area contributed by atoms with Crippen LogP contribution in [0.1, 0.15) is 29.6 Å². The third kappa shape index (κ3) is 1.28. The highest BCUT2D eigenvalue weighted by Crippen LogP contribution is 2.38. The fourth-order valence-electron chi connectivity index (χ4n) is 2.89. The van der Waals surface area contributed by atoms with Crippen LogP contribution in [-0.2, 0) is 12.8 Å². The summed E-state index contributed by atoms with van der Waals surface area (Å²) in [5, 5.41) is 9.56. The Hall–Kier alpha value is -1.49. The van der Waals surface area contributed by atoms with Crippen molar-refractivity contribution in [1.29, 1.82) is 0 Å². The first-order valence-electron chi connectivity index (χ1n) is 6.34. The minimum absolute atomic E-state index is 0.792. The summed E-state index contributed by atoms with van der Waals surface area (Å²) in [5.74, 6) is 1.76. The molecule has 0 unspecified atom stereocenters. The van der Waals surface area contributed by atoms with Gasteiger partial charge >= 0.3 is 0 Å². The molecule has 4 rings (SSSR count). The molecule has 0 aliphatic heterocycles. The van der Waals surface area contributed by atoms with Crippen molar-refractivity contribution in [3.8, 4) is 0 Å². The molecule has 1 aliphatic carbocycles. The smallest absolute Gasteiger partial charge is 0.172 e. The number of thiophene rings is 1. The van der Waals surface area contributed by atoms with Crippen LogP contribution in [0.4, 0.5) is 0 Å². The van der Waals surface area contributed by atoms with Crippen LogP contribution < -0.4 is 0 Å². The number of nitrogens with zero attached hydrogens (tertiary/aromatic N) is 4. The predicted octanol–water partition coefficient (Wildman–Crippen LogP) is 2.77. The van der Waals surface area contributed by atoms with Gasteiger partial charge in [0.15, 0.2) is 5.65 Å². The van der Waals surface area contributed by atoms with Crippen molar-refractivity contribution in [2.45, 2.75) is 33.1 Å². The lowest BCUT2D eigenvalue weighted by Gasteiger charge is -2.17. The Morgan fingerprint density at radius 2 is 2.33 bits per heavy atom. The molecule has 0 bridgehead atoms. The summed E-state index contributed by atoms with van der Waals surface area (Å²) in [6, 6.07) is 0. The van der Waals surface area contributed by atoms with Crippen molar-refractivity contribution >= 4 is 27.2 Å². The molecule has 5 heteroatoms. The molecule has 1 aliphatic rings. The maximum absolute atomic E-state index is 4.71. The van der Waals surface area contributed by atoms with E-state index in [4.69, 9.17) is 4.98 Å². The summed E-state index contributed by atoms with van der Waals surface area (Å²) in [6.45, 7) is 4.34. The number of fused-ring (bicyclic) bond motifs is 5. The van der Waals surface area contributed by atoms with Crippen LogP contribution in [0, 0.1) is 12.8 Å². The first kappa shape index (κ1) is 10.4. The highest BCUT2D eigenvalue weighted by atomic mass is 32.1. The van der Waals surface area contributed by atoms with E-state index in [0.29, 0.717) is 0 Å². The van der Waals surface area contributed by atoms with Crippen LogP contribution in [0.15, 0.2) is 6.33 Å². The zero-order valence-electron chi connectivity index (χ0n) is 10.5. The summed E-state index contributed by atoms with van der Waals surface area (Å²) in [5.41, 5.74) is 2.45. The number of hydrogen-bond acceptors (Lipinski definition) is 4. The fourth-order valence-corrected chi connectivity index (χ4v) is 4.31. The lowest BCUT2D eigenvalue weighted by Crippen LogP contribution is -2.08. The van der Waals surface area contributed by atoms with E-state index in [2.05, 4.69) is 17.1 Å². The molecule has 1 atom stereocenters. The first-order chi connectivity index (χ1) is 8.74. The standard InChI is InChI=1S/C13H14N4S/c1-7-3-4-9-10(5-7)18-13-11(9)12-16-14-6-17(12)8(2)15-13/h6-7H,3-5H2,1-2H3/t7-/m1/s1. The first-order valence-corrected chi connectivity index (χ1v) is 7.16. The third-order valence-corrected chi connectivity index (χ3v) is 5.02. The van der Waals surface area contributed by atoms with E-state index in [1.807, 2.05) is 22.7 Å². The van der Waals surface area contributed by atoms with Gasteiger partial charge in [-0.1, -0.05) is 6.92 Å². The highest BCUT2D eigenvalue weighted by molar-refractivity contribution is 7.19. The molecule has 18 heavy (non-hydrogen) atoms. The summed E-state index contributed by atoms with van der Waals surface area (Å²) in [7, 11) is 0. The number of aryl methyl sites for hydroxylation is 2. The second kappa shape index (κ2) is 3.51. The normalized spacial score (nSPS) is 19.6. The van der Waals surface area contributed by atoms with Crippen molar-refractivity contribution < 1.29 is 0 Å². The summed E-state index contributed by atoms with van der Waals surface area (Å²) < 4.78 is 1.99. The quantitative estimate of drug-likeness (QED) is 0.622. The van der Waals surface area contributed by atoms with Gasteiger partial charge in [0, 0.05) is 4.88 Å². The van der Waals surface area contributed by atoms with Crippen molar-refractivity contribution in [2.24, 2.45) is 5.92 Å². The van der Waals surface area contributed by atoms with E-state index < -0.39 is 0 Å². The molecule has 0 saturated carbocycles. The Morgan fingerprint density at radius 1 is 1.44 bits per heavy atom. The van der Waals surface area contributed by atoms with Crippen molar-refractivity contribution in [2.75, 3.05) is 0 Å². The van der Waals surface area contributed by atoms with Gasteiger partial charge < -0.3 is 0 Å². The molecule has 0 amide bonds. The van der Waals surface area contributed by atoms with Gasteiger partial charge in [0.05, 0.1) is 5.39 Å². The van der Waals surface area contributed by atoms with Crippen LogP contribution >= 0.6 is 11.3 Å². The van der Waals surface area contributed by atoms with Crippen LogP contribution in [0.5, 0.6) is 0 Å². The molecule has 0 aromatic carbocycles. The number of rotatable bonds is 0. The Morgan fingerprint density at radius 3 is 3.22 bits per heavy atom. The molecule has 0 N–H and O–H groups in total. The molecule has 0 saturated heterocycles. The largest absolute Gasteiger partial charge is 0.269 e. The molecule has 4 nitrogen and oxygen atoms in total. The zero-order valence-corrected chi connectivity index (χ0v) is 11.3. The molecule has 0 radical (unpaired) electrons. The third-order valence-electron chi connectivity index (χ3n) is 3.88. The minimum Gasteiger partial charge on any atom is -0.269 e. The molecule has 3 heterocycles. The Balaban J connectivity index is 2.14. The molecule has 0 fully saturated rings. The van der Waals surface area contributed by atoms with E-state index in [0.717, 1.165) is 28.6 Å². The second-order valence-electron chi connectivity index (χ2n) is 5.22. The van der Waals surface area contributed by atoms with Crippen LogP contribution in [0.2, 0.25) is 0 Å². The Bertz CT molecular complexity index is 755. The van der Waals surface area contributed by atoms with Crippen LogP contribution in [0.3, 0.4) is 0 Å². The van der Waals surface area contributed by atoms with E-state index in [1.165, 1.54) is 28.7 Å². The van der Waals surface area contributed by atoms with Crippen molar-refractivity contribution in [3.63, 3.8) is 0 Å². The molecule has 3 aromatic heterocycles. The molecule has 0 spiro atoms. The van der Waals surface area contributed by atoms with E-state index >= 15 is 0 Å². The number of aromatic nitrogens is 4. The predicted molar refractivity (Wildman–Crippen MR) is 72.1 cm³/mol. The second-order valence-corrected chi connectivity index (χ2v) is 6.30. The van der Waals surface area contributed by atoms with E-state index in [9.17, 15) is 0 Å². The molecule has 3 aromatic rings. The van der Waals surface area contributed by atoms with Gasteiger partial charge in [0.2, 0.25) is 0 Å². The van der Waals surface area contributed by atoms with Gasteiger partial charge in [0.25, 0.3) is 0 Å². The van der Waals surface area contributed by atoms with Gasteiger partial charge in [-0.2, -0.15) is 0 Å². The summed E-state index contributed by atoms with van der Waals surface area (Å²) >= 11 is 1.84. The minimum atomic E-state index is 0.792. The molecule has 92 valence electrons. The molecular formula is C13H14N4S. The van der Waals surface area contributed by atoms with Crippen molar-refractivity contribution in [1.82, 2.24) is 19.6 Å². The average molecular weight is 258 g/mol. The lowest BCUT2D eigenvalue weighted by molar-refractivity contribution is 0.509. The van der Waals surface area contributed by atoms with Crippen LogP contribution in [0.25, 0.3) is 15.9 Å². The Kier molecular flexibility index (Phi) is 2.03. The highest BCUT2D eigenvalue weighted by Gasteiger charge is 2.23. The van der Waals surface area contributed by atoms with Gasteiger partial charge in [-0.05, 0) is 37.7 Å². The molecular weight excluding hydrogens is 244 g/mol. The monoisotopic (exact) mass is 258 g/mol. The topological polar surface area (TPSA) is 43.1 Å². The van der Waals surface area contributed by atoms with E-state index in [1.54, 1.807) is 6.33 Å². The maximum atomic E-state index is 4.71. The fraction of sp³-hybridized carbons (Fsp3) is 0.462. The number of hydrogen-bond donors (Lipinski definition) is 0. The van der Waals surface area contributed by atoms with Crippen molar-refractivity contribution in [3.05, 3.63) is 22.6 Å². The summed E-state index contributed by atoms with van der Waals surface area (Å²) in [4.78, 5) is 7.35. The maximum Gasteiger partial charge on any atom is 0.172 e. The van der Waals surface area contributed by atoms with E-state index in [-0.39, 0.29) is 0 Å². The lowest BCUT2D eigenvalue weighted by atomic mass is 9.89. The van der Waals surface area contributed by atoms with Gasteiger partial charge in [-0.25, -0.2) is 4.98 Å². The van der Waals surface area contributed by atoms with Gasteiger partial charge in [0.1, 0.15) is 17.0 Å². The van der Waals surface area contributed by atoms with Gasteiger partial charge in [-0.3, -0.25) is 4.40 Å².